The Kier molecular flexibility index (Phi) is 4.69. The van der Waals surface area contributed by atoms with E-state index in [0.29, 0.717) is 0 Å². The van der Waals surface area contributed by atoms with Gasteiger partial charge in [0.15, 0.2) is 0 Å². The van der Waals surface area contributed by atoms with Crippen LogP contribution in [0, 0.1) is 13.8 Å². The Labute approximate surface area is 142 Å². The Balaban J connectivity index is 1.57. The molecule has 0 aliphatic carbocycles. The number of carbonyl (C=O) groups is 1. The summed E-state index contributed by atoms with van der Waals surface area (Å²) in [5.41, 5.74) is 2.62. The predicted molar refractivity (Wildman–Crippen MR) is 94.4 cm³/mol. The summed E-state index contributed by atoms with van der Waals surface area (Å²) < 4.78 is 1.89. The zero-order chi connectivity index (χ0) is 17.1. The monoisotopic (exact) mass is 328 g/mol. The molecule has 0 aromatic carbocycles. The predicted octanol–water partition coefficient (Wildman–Crippen LogP) is 2.32. The fourth-order valence-corrected chi connectivity index (χ4v) is 3.15. The van der Waals surface area contributed by atoms with Gasteiger partial charge in [-0.15, -0.1) is 0 Å². The first-order chi connectivity index (χ1) is 11.6. The van der Waals surface area contributed by atoms with Crippen molar-refractivity contribution >= 4 is 17.5 Å². The lowest BCUT2D eigenvalue weighted by Gasteiger charge is -2.18. The quantitative estimate of drug-likeness (QED) is 0.903. The number of aryl methyl sites for hydroxylation is 2. The van der Waals surface area contributed by atoms with Crippen molar-refractivity contribution in [2.45, 2.75) is 39.8 Å². The van der Waals surface area contributed by atoms with Crippen LogP contribution in [0.3, 0.4) is 0 Å². The lowest BCUT2D eigenvalue weighted by atomic mass is 10.2. The van der Waals surface area contributed by atoms with E-state index in [1.54, 1.807) is 6.20 Å². The maximum absolute atomic E-state index is 12.3. The highest BCUT2D eigenvalue weighted by atomic mass is 16.2. The van der Waals surface area contributed by atoms with E-state index in [1.165, 1.54) is 0 Å². The minimum absolute atomic E-state index is 0.119. The third-order valence-electron chi connectivity index (χ3n) is 4.42. The lowest BCUT2D eigenvalue weighted by molar-refractivity contribution is 0.249. The third-order valence-corrected chi connectivity index (χ3v) is 4.42. The number of amides is 2. The van der Waals surface area contributed by atoms with Gasteiger partial charge >= 0.3 is 6.03 Å². The molecule has 0 saturated carbocycles. The highest BCUT2D eigenvalue weighted by Crippen LogP contribution is 2.20. The van der Waals surface area contributed by atoms with Crippen LogP contribution in [0.15, 0.2) is 24.4 Å². The molecule has 3 heterocycles. The largest absolute Gasteiger partial charge is 0.354 e. The molecule has 1 aliphatic rings. The van der Waals surface area contributed by atoms with Gasteiger partial charge in [-0.3, -0.25) is 4.68 Å². The molecule has 2 N–H and O–H groups in total. The van der Waals surface area contributed by atoms with Crippen molar-refractivity contribution < 1.29 is 4.79 Å². The maximum Gasteiger partial charge on any atom is 0.319 e. The van der Waals surface area contributed by atoms with Crippen LogP contribution >= 0.6 is 0 Å². The Morgan fingerprint density at radius 1 is 1.38 bits per heavy atom. The van der Waals surface area contributed by atoms with Gasteiger partial charge in [0.2, 0.25) is 0 Å². The summed E-state index contributed by atoms with van der Waals surface area (Å²) in [7, 11) is 0. The molecule has 1 atom stereocenters. The minimum Gasteiger partial charge on any atom is -0.354 e. The van der Waals surface area contributed by atoms with E-state index in [9.17, 15) is 4.79 Å². The Hall–Kier alpha value is -2.57. The minimum atomic E-state index is -0.176. The Morgan fingerprint density at radius 2 is 2.21 bits per heavy atom. The number of rotatable bonds is 4. The first kappa shape index (κ1) is 16.3. The van der Waals surface area contributed by atoms with E-state index in [4.69, 9.17) is 0 Å². The number of hydrogen-bond acceptors (Lipinski definition) is 4. The average molecular weight is 328 g/mol. The molecule has 1 aliphatic heterocycles. The Bertz CT molecular complexity index is 711. The van der Waals surface area contributed by atoms with E-state index in [2.05, 4.69) is 25.6 Å². The zero-order valence-electron chi connectivity index (χ0n) is 14.4. The Morgan fingerprint density at radius 3 is 2.88 bits per heavy atom. The van der Waals surface area contributed by atoms with Gasteiger partial charge in [-0.25, -0.2) is 9.78 Å². The van der Waals surface area contributed by atoms with E-state index in [1.807, 2.05) is 43.7 Å². The number of nitrogens with one attached hydrogen (secondary N) is 2. The highest BCUT2D eigenvalue weighted by Gasteiger charge is 2.25. The summed E-state index contributed by atoms with van der Waals surface area (Å²) in [6.07, 6.45) is 2.70. The van der Waals surface area contributed by atoms with Crippen molar-refractivity contribution in [2.24, 2.45) is 0 Å². The van der Waals surface area contributed by atoms with Crippen LogP contribution < -0.4 is 15.5 Å². The molecule has 1 fully saturated rings. The van der Waals surface area contributed by atoms with Crippen LogP contribution in [0.1, 0.15) is 24.7 Å². The molecule has 0 spiro atoms. The highest BCUT2D eigenvalue weighted by molar-refractivity contribution is 5.90. The molecular weight excluding hydrogens is 304 g/mol. The number of aromatic nitrogens is 3. The van der Waals surface area contributed by atoms with E-state index >= 15 is 0 Å². The van der Waals surface area contributed by atoms with Crippen molar-refractivity contribution in [2.75, 3.05) is 23.3 Å². The zero-order valence-corrected chi connectivity index (χ0v) is 14.4. The van der Waals surface area contributed by atoms with E-state index < -0.39 is 0 Å². The first-order valence-corrected chi connectivity index (χ1v) is 8.36. The van der Waals surface area contributed by atoms with Crippen molar-refractivity contribution in [3.05, 3.63) is 35.8 Å². The molecule has 0 radical (unpaired) electrons. The summed E-state index contributed by atoms with van der Waals surface area (Å²) in [5, 5.41) is 10.4. The van der Waals surface area contributed by atoms with Gasteiger partial charge in [-0.05, 0) is 39.3 Å². The topological polar surface area (TPSA) is 75.1 Å². The maximum atomic E-state index is 12.3. The van der Waals surface area contributed by atoms with E-state index in [0.717, 1.165) is 48.9 Å². The molecule has 2 amide bonds. The molecule has 1 saturated heterocycles. The van der Waals surface area contributed by atoms with E-state index in [-0.39, 0.29) is 12.1 Å². The number of carbonyl (C=O) groups excluding carboxylic acids is 1. The molecule has 0 unspecified atom stereocenters. The molecular formula is C17H24N6O. The van der Waals surface area contributed by atoms with Crippen molar-refractivity contribution in [3.63, 3.8) is 0 Å². The van der Waals surface area contributed by atoms with Crippen molar-refractivity contribution in [1.82, 2.24) is 20.1 Å². The normalized spacial score (nSPS) is 17.1. The number of hydrogen-bond donors (Lipinski definition) is 2. The lowest BCUT2D eigenvalue weighted by Crippen LogP contribution is -2.40. The van der Waals surface area contributed by atoms with Gasteiger partial charge in [0, 0.05) is 31.9 Å². The number of urea groups is 1. The van der Waals surface area contributed by atoms with Crippen molar-refractivity contribution in [1.29, 1.82) is 0 Å². The van der Waals surface area contributed by atoms with Gasteiger partial charge < -0.3 is 15.5 Å². The van der Waals surface area contributed by atoms with Gasteiger partial charge in [0.05, 0.1) is 17.1 Å². The second-order valence-electron chi connectivity index (χ2n) is 6.08. The summed E-state index contributed by atoms with van der Waals surface area (Å²) in [6.45, 7) is 8.38. The van der Waals surface area contributed by atoms with Crippen LogP contribution in [0.4, 0.5) is 16.3 Å². The van der Waals surface area contributed by atoms with Gasteiger partial charge in [-0.1, -0.05) is 6.07 Å². The number of pyridine rings is 1. The van der Waals surface area contributed by atoms with Crippen LogP contribution in [-0.2, 0) is 6.54 Å². The smallest absolute Gasteiger partial charge is 0.319 e. The van der Waals surface area contributed by atoms with Gasteiger partial charge in [0.1, 0.15) is 5.82 Å². The van der Waals surface area contributed by atoms with Crippen LogP contribution in [-0.4, -0.2) is 39.9 Å². The summed E-state index contributed by atoms with van der Waals surface area (Å²) in [4.78, 5) is 18.9. The van der Waals surface area contributed by atoms with Gasteiger partial charge in [-0.2, -0.15) is 5.10 Å². The summed E-state index contributed by atoms with van der Waals surface area (Å²) >= 11 is 0. The molecule has 128 valence electrons. The molecule has 3 rings (SSSR count). The molecule has 7 nitrogen and oxygen atoms in total. The average Bonchev–Trinajstić information content (AvgIpc) is 3.15. The molecule has 2 aromatic heterocycles. The summed E-state index contributed by atoms with van der Waals surface area (Å²) in [6, 6.07) is 5.82. The molecule has 24 heavy (non-hydrogen) atoms. The number of anilines is 2. The molecule has 7 heteroatoms. The summed E-state index contributed by atoms with van der Waals surface area (Å²) in [5.74, 6) is 0.957. The molecule has 0 bridgehead atoms. The van der Waals surface area contributed by atoms with Crippen molar-refractivity contribution in [3.8, 4) is 0 Å². The SMILES string of the molecule is CCn1nc(C)c(NC(=O)N[C@@H]2CCN(c3ccccn3)C2)c1C. The standard InChI is InChI=1S/C17H24N6O/c1-4-23-13(3)16(12(2)21-23)20-17(24)19-14-8-10-22(11-14)15-7-5-6-9-18-15/h5-7,9,14H,4,8,10-11H2,1-3H3,(H2,19,20,24)/t14-/m1/s1. The van der Waals surface area contributed by atoms with Crippen LogP contribution in [0.5, 0.6) is 0 Å². The second kappa shape index (κ2) is 6.90. The van der Waals surface area contributed by atoms with Gasteiger partial charge in [0.25, 0.3) is 0 Å². The fraction of sp³-hybridized carbons (Fsp3) is 0.471. The fourth-order valence-electron chi connectivity index (χ4n) is 3.15. The van der Waals surface area contributed by atoms with Crippen LogP contribution in [0.2, 0.25) is 0 Å². The molecule has 2 aromatic rings. The van der Waals surface area contributed by atoms with Crippen LogP contribution in [0.25, 0.3) is 0 Å². The third kappa shape index (κ3) is 3.34. The number of nitrogens with zero attached hydrogens (tertiary/aromatic N) is 4. The second-order valence-corrected chi connectivity index (χ2v) is 6.08. The first-order valence-electron chi connectivity index (χ1n) is 8.36.